The third-order valence-corrected chi connectivity index (χ3v) is 4.06. The van der Waals surface area contributed by atoms with E-state index >= 15 is 0 Å². The second-order valence-electron chi connectivity index (χ2n) is 6.16. The van der Waals surface area contributed by atoms with E-state index in [0.29, 0.717) is 24.5 Å². The van der Waals surface area contributed by atoms with E-state index in [1.807, 2.05) is 13.2 Å². The van der Waals surface area contributed by atoms with Crippen molar-refractivity contribution < 1.29 is 18.7 Å². The zero-order valence-corrected chi connectivity index (χ0v) is 14.2. The lowest BCUT2D eigenvalue weighted by Gasteiger charge is -2.15. The molecular weight excluding hydrogens is 325 g/mol. The van der Waals surface area contributed by atoms with Crippen LogP contribution < -0.4 is 10.1 Å². The topological polar surface area (TPSA) is 65.4 Å². The molecule has 1 atom stereocenters. The van der Waals surface area contributed by atoms with E-state index in [2.05, 4.69) is 10.4 Å². The van der Waals surface area contributed by atoms with Gasteiger partial charge in [0.15, 0.2) is 0 Å². The lowest BCUT2D eigenvalue weighted by atomic mass is 10.2. The number of halogens is 1. The van der Waals surface area contributed by atoms with Crippen LogP contribution >= 0.6 is 0 Å². The lowest BCUT2D eigenvalue weighted by Crippen LogP contribution is -2.18. The molecule has 2 aromatic rings. The number of nitrogens with zero attached hydrogens (tertiary/aromatic N) is 2. The van der Waals surface area contributed by atoms with Gasteiger partial charge in [-0.25, -0.2) is 4.39 Å². The van der Waals surface area contributed by atoms with Crippen LogP contribution in [0.15, 0.2) is 30.6 Å². The van der Waals surface area contributed by atoms with Crippen LogP contribution in [0.1, 0.15) is 24.8 Å². The molecule has 1 unspecified atom stereocenters. The van der Waals surface area contributed by atoms with Crippen LogP contribution in [0, 0.1) is 5.82 Å². The van der Waals surface area contributed by atoms with E-state index in [9.17, 15) is 9.18 Å². The molecule has 0 saturated carbocycles. The average molecular weight is 347 g/mol. The highest BCUT2D eigenvalue weighted by Gasteiger charge is 2.17. The van der Waals surface area contributed by atoms with Crippen molar-refractivity contribution in [3.05, 3.63) is 42.0 Å². The summed E-state index contributed by atoms with van der Waals surface area (Å²) < 4.78 is 26.5. The van der Waals surface area contributed by atoms with Gasteiger partial charge in [0.2, 0.25) is 5.91 Å². The largest absolute Gasteiger partial charge is 0.489 e. The number of benzene rings is 1. The van der Waals surface area contributed by atoms with Crippen molar-refractivity contribution in [2.45, 2.75) is 31.8 Å². The standard InChI is InChI=1S/C18H22FN3O3/c1-22-11-13(10-20-22)4-7-18(23)21-16-9-14(19)5-6-17(16)25-12-15-3-2-8-24-15/h5-6,9-11,15H,2-4,7-8,12H2,1H3,(H,21,23). The molecule has 0 spiro atoms. The summed E-state index contributed by atoms with van der Waals surface area (Å²) in [5, 5.41) is 6.80. The molecule has 1 aliphatic rings. The van der Waals surface area contributed by atoms with Crippen LogP contribution in [0.3, 0.4) is 0 Å². The Kier molecular flexibility index (Phi) is 5.65. The first-order valence-electron chi connectivity index (χ1n) is 8.41. The maximum Gasteiger partial charge on any atom is 0.224 e. The fraction of sp³-hybridized carbons (Fsp3) is 0.444. The van der Waals surface area contributed by atoms with Crippen molar-refractivity contribution in [1.29, 1.82) is 0 Å². The Bertz CT molecular complexity index is 726. The Labute approximate surface area is 145 Å². The van der Waals surface area contributed by atoms with Crippen LogP contribution in [0.2, 0.25) is 0 Å². The molecule has 0 aliphatic carbocycles. The number of nitrogens with one attached hydrogen (secondary N) is 1. The number of amides is 1. The van der Waals surface area contributed by atoms with Gasteiger partial charge in [0.25, 0.3) is 0 Å². The van der Waals surface area contributed by atoms with Gasteiger partial charge >= 0.3 is 0 Å². The predicted octanol–water partition coefficient (Wildman–Crippen LogP) is 2.69. The minimum atomic E-state index is -0.424. The van der Waals surface area contributed by atoms with Gasteiger partial charge in [0, 0.05) is 32.3 Å². The van der Waals surface area contributed by atoms with Gasteiger partial charge < -0.3 is 14.8 Å². The maximum atomic E-state index is 13.5. The summed E-state index contributed by atoms with van der Waals surface area (Å²) >= 11 is 0. The Hall–Kier alpha value is -2.41. The average Bonchev–Trinajstić information content (AvgIpc) is 3.24. The highest BCUT2D eigenvalue weighted by Crippen LogP contribution is 2.26. The third-order valence-electron chi connectivity index (χ3n) is 4.06. The van der Waals surface area contributed by atoms with Crippen molar-refractivity contribution in [3.63, 3.8) is 0 Å². The lowest BCUT2D eigenvalue weighted by molar-refractivity contribution is -0.116. The van der Waals surface area contributed by atoms with Gasteiger partial charge in [-0.3, -0.25) is 9.48 Å². The number of ether oxygens (including phenoxy) is 2. The van der Waals surface area contributed by atoms with Gasteiger partial charge in [0.05, 0.1) is 18.0 Å². The van der Waals surface area contributed by atoms with E-state index in [-0.39, 0.29) is 18.4 Å². The molecule has 134 valence electrons. The monoisotopic (exact) mass is 347 g/mol. The normalized spacial score (nSPS) is 16.8. The van der Waals surface area contributed by atoms with Crippen LogP contribution in [-0.2, 0) is 23.0 Å². The second kappa shape index (κ2) is 8.11. The highest BCUT2D eigenvalue weighted by atomic mass is 19.1. The van der Waals surface area contributed by atoms with Crippen molar-refractivity contribution in [2.24, 2.45) is 7.05 Å². The van der Waals surface area contributed by atoms with Gasteiger partial charge in [-0.1, -0.05) is 0 Å². The third kappa shape index (κ3) is 5.03. The highest BCUT2D eigenvalue weighted by molar-refractivity contribution is 5.92. The fourth-order valence-electron chi connectivity index (χ4n) is 2.76. The van der Waals surface area contributed by atoms with Crippen molar-refractivity contribution in [2.75, 3.05) is 18.5 Å². The van der Waals surface area contributed by atoms with E-state index < -0.39 is 5.82 Å². The molecule has 25 heavy (non-hydrogen) atoms. The molecule has 1 fully saturated rings. The molecule has 1 N–H and O–H groups in total. The van der Waals surface area contributed by atoms with Gasteiger partial charge in [-0.2, -0.15) is 5.10 Å². The first-order valence-corrected chi connectivity index (χ1v) is 8.41. The first kappa shape index (κ1) is 17.4. The summed E-state index contributed by atoms with van der Waals surface area (Å²) in [7, 11) is 1.83. The number of hydrogen-bond donors (Lipinski definition) is 1. The number of hydrogen-bond acceptors (Lipinski definition) is 4. The quantitative estimate of drug-likeness (QED) is 0.836. The Morgan fingerprint density at radius 2 is 2.40 bits per heavy atom. The van der Waals surface area contributed by atoms with E-state index in [0.717, 1.165) is 25.0 Å². The molecule has 1 amide bonds. The molecule has 7 heteroatoms. The first-order chi connectivity index (χ1) is 12.1. The number of aromatic nitrogens is 2. The molecule has 0 bridgehead atoms. The van der Waals surface area contributed by atoms with Gasteiger partial charge in [-0.05, 0) is 37.0 Å². The molecule has 3 rings (SSSR count). The number of anilines is 1. The summed E-state index contributed by atoms with van der Waals surface area (Å²) in [6.07, 6.45) is 6.48. The minimum absolute atomic E-state index is 0.0548. The fourth-order valence-corrected chi connectivity index (χ4v) is 2.76. The molecule has 2 heterocycles. The number of rotatable bonds is 7. The smallest absolute Gasteiger partial charge is 0.224 e. The zero-order valence-electron chi connectivity index (χ0n) is 14.2. The summed E-state index contributed by atoms with van der Waals surface area (Å²) in [5.74, 6) is -0.171. The van der Waals surface area contributed by atoms with Crippen molar-refractivity contribution in [3.8, 4) is 5.75 Å². The number of carbonyl (C=O) groups is 1. The summed E-state index contributed by atoms with van der Waals surface area (Å²) in [5.41, 5.74) is 1.32. The van der Waals surface area contributed by atoms with Gasteiger partial charge in [0.1, 0.15) is 18.2 Å². The second-order valence-corrected chi connectivity index (χ2v) is 6.16. The van der Waals surface area contributed by atoms with E-state index in [1.54, 1.807) is 10.9 Å². The Morgan fingerprint density at radius 1 is 1.52 bits per heavy atom. The van der Waals surface area contributed by atoms with Crippen LogP contribution in [0.5, 0.6) is 5.75 Å². The molecule has 1 aliphatic heterocycles. The Balaban J connectivity index is 1.57. The maximum absolute atomic E-state index is 13.5. The predicted molar refractivity (Wildman–Crippen MR) is 91.0 cm³/mol. The molecule has 1 aromatic heterocycles. The van der Waals surface area contributed by atoms with Gasteiger partial charge in [-0.15, -0.1) is 0 Å². The minimum Gasteiger partial charge on any atom is -0.489 e. The molecule has 1 aromatic carbocycles. The SMILES string of the molecule is Cn1cc(CCC(=O)Nc2cc(F)ccc2OCC2CCCO2)cn1. The van der Waals surface area contributed by atoms with Crippen molar-refractivity contribution in [1.82, 2.24) is 9.78 Å². The van der Waals surface area contributed by atoms with Crippen LogP contribution in [0.25, 0.3) is 0 Å². The molecule has 1 saturated heterocycles. The van der Waals surface area contributed by atoms with E-state index in [1.165, 1.54) is 18.2 Å². The molecular formula is C18H22FN3O3. The number of aryl methyl sites for hydroxylation is 2. The van der Waals surface area contributed by atoms with E-state index in [4.69, 9.17) is 9.47 Å². The Morgan fingerprint density at radius 3 is 3.12 bits per heavy atom. The summed E-state index contributed by atoms with van der Waals surface area (Å²) in [6.45, 7) is 1.14. The summed E-state index contributed by atoms with van der Waals surface area (Å²) in [4.78, 5) is 12.2. The molecule has 6 nitrogen and oxygen atoms in total. The van der Waals surface area contributed by atoms with Crippen LogP contribution in [-0.4, -0.2) is 35.0 Å². The van der Waals surface area contributed by atoms with Crippen LogP contribution in [0.4, 0.5) is 10.1 Å². The summed E-state index contributed by atoms with van der Waals surface area (Å²) in [6, 6.07) is 4.12. The van der Waals surface area contributed by atoms with Crippen molar-refractivity contribution >= 4 is 11.6 Å². The number of carbonyl (C=O) groups excluding carboxylic acids is 1. The molecule has 0 radical (unpaired) electrons. The zero-order chi connectivity index (χ0) is 17.6.